The largest absolute Gasteiger partial charge is 0.454 e. The van der Waals surface area contributed by atoms with Crippen molar-refractivity contribution >= 4 is 27.2 Å². The lowest BCUT2D eigenvalue weighted by Gasteiger charge is -2.36. The van der Waals surface area contributed by atoms with Crippen LogP contribution in [0.5, 0.6) is 11.5 Å². The van der Waals surface area contributed by atoms with Crippen molar-refractivity contribution in [2.45, 2.75) is 19.0 Å². The lowest BCUT2D eigenvalue weighted by molar-refractivity contribution is 0.0712. The van der Waals surface area contributed by atoms with Crippen molar-refractivity contribution in [3.8, 4) is 11.5 Å². The Morgan fingerprint density at radius 1 is 1.33 bits per heavy atom. The first-order valence-electron chi connectivity index (χ1n) is 7.69. The number of nitrogens with zero attached hydrogens (tertiary/aromatic N) is 2. The van der Waals surface area contributed by atoms with Crippen LogP contribution in [0.25, 0.3) is 0 Å². The minimum Gasteiger partial charge on any atom is -0.454 e. The number of rotatable bonds is 4. The van der Waals surface area contributed by atoms with Gasteiger partial charge in [0.15, 0.2) is 26.4 Å². The van der Waals surface area contributed by atoms with Gasteiger partial charge in [0.05, 0.1) is 17.5 Å². The highest BCUT2D eigenvalue weighted by atomic mass is 32.2. The SMILES string of the molecule is CN(C)N(C(=S)NCc1ccc2c(c1)OCO2)[C@H]1CCS(=O)(=O)C1. The second kappa shape index (κ2) is 6.73. The predicted molar refractivity (Wildman–Crippen MR) is 94.6 cm³/mol. The van der Waals surface area contributed by atoms with E-state index in [9.17, 15) is 8.42 Å². The molecule has 0 amide bonds. The van der Waals surface area contributed by atoms with Crippen LogP contribution < -0.4 is 14.8 Å². The summed E-state index contributed by atoms with van der Waals surface area (Å²) in [6.07, 6.45) is 0.590. The van der Waals surface area contributed by atoms with E-state index in [0.29, 0.717) is 18.1 Å². The molecule has 9 heteroatoms. The van der Waals surface area contributed by atoms with E-state index in [-0.39, 0.29) is 24.3 Å². The van der Waals surface area contributed by atoms with Crippen LogP contribution in [0.3, 0.4) is 0 Å². The van der Waals surface area contributed by atoms with Crippen molar-refractivity contribution in [3.05, 3.63) is 23.8 Å². The summed E-state index contributed by atoms with van der Waals surface area (Å²) in [5.74, 6) is 1.82. The van der Waals surface area contributed by atoms with Gasteiger partial charge in [0.2, 0.25) is 6.79 Å². The maximum Gasteiger partial charge on any atom is 0.231 e. The van der Waals surface area contributed by atoms with Gasteiger partial charge >= 0.3 is 0 Å². The minimum absolute atomic E-state index is 0.123. The Labute approximate surface area is 147 Å². The summed E-state index contributed by atoms with van der Waals surface area (Å²) in [4.78, 5) is 0. The van der Waals surface area contributed by atoms with E-state index >= 15 is 0 Å². The molecule has 7 nitrogen and oxygen atoms in total. The molecule has 0 spiro atoms. The van der Waals surface area contributed by atoms with Gasteiger partial charge in [-0.05, 0) is 36.3 Å². The van der Waals surface area contributed by atoms with Crippen LogP contribution >= 0.6 is 12.2 Å². The van der Waals surface area contributed by atoms with Crippen LogP contribution in [0.2, 0.25) is 0 Å². The molecule has 2 heterocycles. The van der Waals surface area contributed by atoms with Crippen LogP contribution in [-0.4, -0.2) is 62.0 Å². The second-order valence-electron chi connectivity index (χ2n) is 6.09. The fraction of sp³-hybridized carbons (Fsp3) is 0.533. The fourth-order valence-corrected chi connectivity index (χ4v) is 5.03. The molecule has 1 aromatic carbocycles. The molecule has 1 saturated heterocycles. The predicted octanol–water partition coefficient (Wildman–Crippen LogP) is 0.756. The smallest absolute Gasteiger partial charge is 0.231 e. The summed E-state index contributed by atoms with van der Waals surface area (Å²) in [5.41, 5.74) is 1.01. The Bertz CT molecular complexity index is 736. The molecule has 0 unspecified atom stereocenters. The highest BCUT2D eigenvalue weighted by Crippen LogP contribution is 2.32. The van der Waals surface area contributed by atoms with Crippen molar-refractivity contribution in [2.24, 2.45) is 0 Å². The third-order valence-electron chi connectivity index (χ3n) is 4.07. The Hall–Kier alpha value is -1.58. The molecule has 1 N–H and O–H groups in total. The Kier molecular flexibility index (Phi) is 4.84. The third-order valence-corrected chi connectivity index (χ3v) is 6.16. The normalized spacial score (nSPS) is 21.0. The molecular formula is C15H21N3O4S2. The number of hydrazine groups is 1. The molecular weight excluding hydrogens is 350 g/mol. The van der Waals surface area contributed by atoms with Crippen molar-refractivity contribution in [1.82, 2.24) is 15.3 Å². The molecule has 2 aliphatic rings. The zero-order valence-electron chi connectivity index (χ0n) is 13.7. The van der Waals surface area contributed by atoms with E-state index < -0.39 is 9.84 Å². The van der Waals surface area contributed by atoms with Gasteiger partial charge in [-0.1, -0.05) is 6.07 Å². The maximum absolute atomic E-state index is 11.7. The number of benzene rings is 1. The van der Waals surface area contributed by atoms with E-state index in [4.69, 9.17) is 21.7 Å². The summed E-state index contributed by atoms with van der Waals surface area (Å²) >= 11 is 5.48. The number of nitrogens with one attached hydrogen (secondary N) is 1. The topological polar surface area (TPSA) is 71.1 Å². The molecule has 0 bridgehead atoms. The van der Waals surface area contributed by atoms with Crippen molar-refractivity contribution in [3.63, 3.8) is 0 Å². The maximum atomic E-state index is 11.7. The first kappa shape index (κ1) is 17.2. The van der Waals surface area contributed by atoms with Gasteiger partial charge in [0.25, 0.3) is 0 Å². The minimum atomic E-state index is -2.97. The highest BCUT2D eigenvalue weighted by Gasteiger charge is 2.34. The Balaban J connectivity index is 1.64. The fourth-order valence-electron chi connectivity index (χ4n) is 2.95. The number of ether oxygens (including phenoxy) is 2. The third kappa shape index (κ3) is 3.73. The van der Waals surface area contributed by atoms with Gasteiger partial charge in [-0.25, -0.2) is 13.4 Å². The van der Waals surface area contributed by atoms with E-state index in [1.54, 1.807) is 0 Å². The van der Waals surface area contributed by atoms with Gasteiger partial charge in [0.1, 0.15) is 0 Å². The van der Waals surface area contributed by atoms with Crippen LogP contribution in [0.15, 0.2) is 18.2 Å². The van der Waals surface area contributed by atoms with Crippen molar-refractivity contribution < 1.29 is 17.9 Å². The van der Waals surface area contributed by atoms with Crippen molar-refractivity contribution in [1.29, 1.82) is 0 Å². The zero-order chi connectivity index (χ0) is 17.3. The standard InChI is InChI=1S/C15H21N3O4S2/c1-17(2)18(12-5-6-24(19,20)9-12)15(23)16-8-11-3-4-13-14(7-11)22-10-21-13/h3-4,7,12H,5-6,8-10H2,1-2H3,(H,16,23)/t12-/m0/s1. The lowest BCUT2D eigenvalue weighted by atomic mass is 10.2. The van der Waals surface area contributed by atoms with Crippen LogP contribution in [0.4, 0.5) is 0 Å². The lowest BCUT2D eigenvalue weighted by Crippen LogP contribution is -2.53. The Morgan fingerprint density at radius 3 is 2.75 bits per heavy atom. The molecule has 24 heavy (non-hydrogen) atoms. The monoisotopic (exact) mass is 371 g/mol. The number of fused-ring (bicyclic) bond motifs is 1. The van der Waals surface area contributed by atoms with Crippen LogP contribution in [0, 0.1) is 0 Å². The van der Waals surface area contributed by atoms with E-state index in [1.165, 1.54) is 0 Å². The molecule has 1 aromatic rings. The molecule has 1 atom stereocenters. The summed E-state index contributed by atoms with van der Waals surface area (Å²) in [6.45, 7) is 0.772. The summed E-state index contributed by atoms with van der Waals surface area (Å²) < 4.78 is 34.2. The summed E-state index contributed by atoms with van der Waals surface area (Å²) in [6, 6.07) is 5.61. The van der Waals surface area contributed by atoms with Gasteiger partial charge in [-0.2, -0.15) is 0 Å². The number of thiocarbonyl (C=S) groups is 1. The van der Waals surface area contributed by atoms with Gasteiger partial charge in [0, 0.05) is 20.6 Å². The van der Waals surface area contributed by atoms with Crippen LogP contribution in [0.1, 0.15) is 12.0 Å². The quantitative estimate of drug-likeness (QED) is 0.614. The first-order valence-corrected chi connectivity index (χ1v) is 9.92. The first-order chi connectivity index (χ1) is 11.4. The number of sulfone groups is 1. The molecule has 0 aromatic heterocycles. The molecule has 2 aliphatic heterocycles. The molecule has 3 rings (SSSR count). The number of hydrogen-bond acceptors (Lipinski definition) is 6. The van der Waals surface area contributed by atoms with E-state index in [0.717, 1.165) is 17.1 Å². The molecule has 1 fully saturated rings. The van der Waals surface area contributed by atoms with Crippen LogP contribution in [-0.2, 0) is 16.4 Å². The Morgan fingerprint density at radius 2 is 2.08 bits per heavy atom. The van der Waals surface area contributed by atoms with Gasteiger partial charge < -0.3 is 14.8 Å². The average Bonchev–Trinajstić information content (AvgIpc) is 3.10. The summed E-state index contributed by atoms with van der Waals surface area (Å²) in [5, 5.41) is 7.39. The highest BCUT2D eigenvalue weighted by molar-refractivity contribution is 7.91. The molecule has 0 aliphatic carbocycles. The second-order valence-corrected chi connectivity index (χ2v) is 8.71. The average molecular weight is 371 g/mol. The van der Waals surface area contributed by atoms with E-state index in [1.807, 2.05) is 42.3 Å². The van der Waals surface area contributed by atoms with Gasteiger partial charge in [-0.15, -0.1) is 0 Å². The van der Waals surface area contributed by atoms with E-state index in [2.05, 4.69) is 5.32 Å². The van der Waals surface area contributed by atoms with Gasteiger partial charge in [-0.3, -0.25) is 5.01 Å². The zero-order valence-corrected chi connectivity index (χ0v) is 15.3. The molecule has 0 radical (unpaired) electrons. The molecule has 0 saturated carbocycles. The number of hydrogen-bond donors (Lipinski definition) is 1. The summed E-state index contributed by atoms with van der Waals surface area (Å²) in [7, 11) is 0.754. The van der Waals surface area contributed by atoms with Crippen molar-refractivity contribution in [2.75, 3.05) is 32.4 Å². The molecule has 132 valence electrons.